The number of hydrogen-bond donors (Lipinski definition) is 1. The molecule has 2 aromatic rings. The van der Waals surface area contributed by atoms with Gasteiger partial charge < -0.3 is 19.5 Å². The van der Waals surface area contributed by atoms with Gasteiger partial charge in [-0.15, -0.1) is 0 Å². The van der Waals surface area contributed by atoms with Gasteiger partial charge in [0.1, 0.15) is 11.6 Å². The molecule has 6 heteroatoms. The normalized spacial score (nSPS) is 12.0. The van der Waals surface area contributed by atoms with Crippen LogP contribution in [0.3, 0.4) is 0 Å². The van der Waals surface area contributed by atoms with E-state index in [2.05, 4.69) is 5.32 Å². The van der Waals surface area contributed by atoms with Gasteiger partial charge in [0.2, 0.25) is 6.79 Å². The summed E-state index contributed by atoms with van der Waals surface area (Å²) in [5, 5.41) is 2.70. The molecule has 0 bridgehead atoms. The zero-order chi connectivity index (χ0) is 15.4. The van der Waals surface area contributed by atoms with Crippen molar-refractivity contribution in [1.29, 1.82) is 0 Å². The highest BCUT2D eigenvalue weighted by Crippen LogP contribution is 2.34. The first-order valence-corrected chi connectivity index (χ1v) is 6.74. The molecule has 0 saturated carbocycles. The lowest BCUT2D eigenvalue weighted by Gasteiger charge is -2.08. The minimum absolute atomic E-state index is 0.110. The highest BCUT2D eigenvalue weighted by atomic mass is 19.1. The van der Waals surface area contributed by atoms with Gasteiger partial charge >= 0.3 is 0 Å². The third-order valence-corrected chi connectivity index (χ3v) is 3.12. The van der Waals surface area contributed by atoms with Crippen LogP contribution in [0.2, 0.25) is 0 Å². The number of rotatable bonds is 5. The maximum absolute atomic E-state index is 12.8. The van der Waals surface area contributed by atoms with Crippen LogP contribution in [0.5, 0.6) is 17.2 Å². The average molecular weight is 303 g/mol. The average Bonchev–Trinajstić information content (AvgIpc) is 3.00. The molecule has 0 saturated heterocycles. The Morgan fingerprint density at radius 2 is 1.91 bits per heavy atom. The summed E-state index contributed by atoms with van der Waals surface area (Å²) in [7, 11) is 0. The minimum Gasteiger partial charge on any atom is -0.484 e. The topological polar surface area (TPSA) is 56.8 Å². The highest BCUT2D eigenvalue weighted by molar-refractivity contribution is 5.77. The van der Waals surface area contributed by atoms with Crippen LogP contribution in [0.15, 0.2) is 42.5 Å². The van der Waals surface area contributed by atoms with Crippen LogP contribution in [-0.4, -0.2) is 19.3 Å². The van der Waals surface area contributed by atoms with Gasteiger partial charge in [0.05, 0.1) is 0 Å². The molecule has 0 spiro atoms. The number of hydrogen-bond acceptors (Lipinski definition) is 4. The number of halogens is 1. The summed E-state index contributed by atoms with van der Waals surface area (Å²) in [5.41, 5.74) is 0.817. The van der Waals surface area contributed by atoms with Crippen LogP contribution in [0.25, 0.3) is 0 Å². The van der Waals surface area contributed by atoms with Crippen molar-refractivity contribution >= 4 is 5.91 Å². The van der Waals surface area contributed by atoms with E-state index in [1.54, 1.807) is 30.3 Å². The molecule has 1 N–H and O–H groups in total. The Labute approximate surface area is 126 Å². The van der Waals surface area contributed by atoms with E-state index in [4.69, 9.17) is 14.2 Å². The molecule has 1 aliphatic heterocycles. The quantitative estimate of drug-likeness (QED) is 0.920. The fourth-order valence-corrected chi connectivity index (χ4v) is 1.97. The predicted molar refractivity (Wildman–Crippen MR) is 76.3 cm³/mol. The van der Waals surface area contributed by atoms with Crippen molar-refractivity contribution in [3.05, 3.63) is 53.8 Å². The summed E-state index contributed by atoms with van der Waals surface area (Å²) in [6, 6.07) is 11.1. The standard InChI is InChI=1S/C16H14FNO4/c17-12-3-1-11(2-4-12)8-18-16(19)9-20-13-5-6-14-15(7-13)22-10-21-14/h1-7H,8-10H2,(H,18,19). The van der Waals surface area contributed by atoms with Crippen molar-refractivity contribution in [3.8, 4) is 17.2 Å². The molecule has 3 rings (SSSR count). The lowest BCUT2D eigenvalue weighted by molar-refractivity contribution is -0.123. The number of carbonyl (C=O) groups excluding carboxylic acids is 1. The van der Waals surface area contributed by atoms with Crippen molar-refractivity contribution in [1.82, 2.24) is 5.32 Å². The summed E-state index contributed by atoms with van der Waals surface area (Å²) >= 11 is 0. The molecule has 0 radical (unpaired) electrons. The Balaban J connectivity index is 1.47. The van der Waals surface area contributed by atoms with Crippen molar-refractivity contribution in [2.75, 3.05) is 13.4 Å². The van der Waals surface area contributed by atoms with E-state index in [9.17, 15) is 9.18 Å². The first-order chi connectivity index (χ1) is 10.7. The van der Waals surface area contributed by atoms with Crippen molar-refractivity contribution in [3.63, 3.8) is 0 Å². The van der Waals surface area contributed by atoms with Crippen LogP contribution in [-0.2, 0) is 11.3 Å². The van der Waals surface area contributed by atoms with Crippen LogP contribution in [0, 0.1) is 5.82 Å². The maximum Gasteiger partial charge on any atom is 0.258 e. The third kappa shape index (κ3) is 3.46. The monoisotopic (exact) mass is 303 g/mol. The molecule has 1 aliphatic rings. The van der Waals surface area contributed by atoms with Crippen LogP contribution in [0.1, 0.15) is 5.56 Å². The van der Waals surface area contributed by atoms with E-state index in [1.165, 1.54) is 12.1 Å². The summed E-state index contributed by atoms with van der Waals surface area (Å²) in [4.78, 5) is 11.7. The second-order valence-electron chi connectivity index (χ2n) is 4.71. The molecule has 2 aromatic carbocycles. The Bertz CT molecular complexity index is 672. The highest BCUT2D eigenvalue weighted by Gasteiger charge is 2.14. The zero-order valence-corrected chi connectivity index (χ0v) is 11.7. The van der Waals surface area contributed by atoms with Crippen LogP contribution >= 0.6 is 0 Å². The molecule has 114 valence electrons. The molecule has 1 heterocycles. The van der Waals surface area contributed by atoms with Gasteiger partial charge in [-0.1, -0.05) is 12.1 Å². The molecule has 0 aromatic heterocycles. The second kappa shape index (κ2) is 6.34. The number of fused-ring (bicyclic) bond motifs is 1. The molecular formula is C16H14FNO4. The summed E-state index contributed by atoms with van der Waals surface area (Å²) in [6.07, 6.45) is 0. The van der Waals surface area contributed by atoms with Gasteiger partial charge in [0.15, 0.2) is 18.1 Å². The maximum atomic E-state index is 12.8. The van der Waals surface area contributed by atoms with Crippen molar-refractivity contribution < 1.29 is 23.4 Å². The largest absolute Gasteiger partial charge is 0.484 e. The molecule has 0 aliphatic carbocycles. The van der Waals surface area contributed by atoms with Gasteiger partial charge in [-0.25, -0.2) is 4.39 Å². The number of nitrogens with one attached hydrogen (secondary N) is 1. The Kier molecular flexibility index (Phi) is 4.09. The van der Waals surface area contributed by atoms with E-state index in [0.717, 1.165) is 5.56 Å². The summed E-state index contributed by atoms with van der Waals surface area (Å²) in [6.45, 7) is 0.404. The van der Waals surface area contributed by atoms with Crippen LogP contribution in [0.4, 0.5) is 4.39 Å². The van der Waals surface area contributed by atoms with E-state index in [0.29, 0.717) is 23.8 Å². The molecule has 22 heavy (non-hydrogen) atoms. The Morgan fingerprint density at radius 3 is 2.73 bits per heavy atom. The fourth-order valence-electron chi connectivity index (χ4n) is 1.97. The second-order valence-corrected chi connectivity index (χ2v) is 4.71. The lowest BCUT2D eigenvalue weighted by atomic mass is 10.2. The fraction of sp³-hybridized carbons (Fsp3) is 0.188. The Hall–Kier alpha value is -2.76. The van der Waals surface area contributed by atoms with Gasteiger partial charge in [0.25, 0.3) is 5.91 Å². The first-order valence-electron chi connectivity index (χ1n) is 6.74. The molecular weight excluding hydrogens is 289 g/mol. The SMILES string of the molecule is O=C(COc1ccc2c(c1)OCO2)NCc1ccc(F)cc1. The summed E-state index contributed by atoms with van der Waals surface area (Å²) < 4.78 is 28.6. The number of amides is 1. The summed E-state index contributed by atoms with van der Waals surface area (Å²) in [5.74, 6) is 1.22. The molecule has 0 atom stereocenters. The minimum atomic E-state index is -0.304. The first kappa shape index (κ1) is 14.2. The van der Waals surface area contributed by atoms with E-state index >= 15 is 0 Å². The predicted octanol–water partition coefficient (Wildman–Crippen LogP) is 2.25. The smallest absolute Gasteiger partial charge is 0.258 e. The lowest BCUT2D eigenvalue weighted by Crippen LogP contribution is -2.28. The van der Waals surface area contributed by atoms with Gasteiger partial charge in [-0.2, -0.15) is 0 Å². The van der Waals surface area contributed by atoms with Crippen molar-refractivity contribution in [2.24, 2.45) is 0 Å². The molecule has 0 unspecified atom stereocenters. The Morgan fingerprint density at radius 1 is 1.14 bits per heavy atom. The number of benzene rings is 2. The van der Waals surface area contributed by atoms with Crippen LogP contribution < -0.4 is 19.5 Å². The van der Waals surface area contributed by atoms with E-state index in [1.807, 2.05) is 0 Å². The third-order valence-electron chi connectivity index (χ3n) is 3.12. The van der Waals surface area contributed by atoms with Gasteiger partial charge in [0, 0.05) is 12.6 Å². The zero-order valence-electron chi connectivity index (χ0n) is 11.7. The number of ether oxygens (including phenoxy) is 3. The molecule has 5 nitrogen and oxygen atoms in total. The molecule has 1 amide bonds. The van der Waals surface area contributed by atoms with Gasteiger partial charge in [-0.05, 0) is 29.8 Å². The van der Waals surface area contributed by atoms with Crippen molar-refractivity contribution in [2.45, 2.75) is 6.54 Å². The van der Waals surface area contributed by atoms with Gasteiger partial charge in [-0.3, -0.25) is 4.79 Å². The van der Waals surface area contributed by atoms with E-state index < -0.39 is 0 Å². The van der Waals surface area contributed by atoms with E-state index in [-0.39, 0.29) is 25.1 Å². The number of carbonyl (C=O) groups is 1. The molecule has 0 fully saturated rings.